The Morgan fingerprint density at radius 1 is 1.24 bits per heavy atom. The highest BCUT2D eigenvalue weighted by molar-refractivity contribution is 7.96. The predicted molar refractivity (Wildman–Crippen MR) is 128 cm³/mol. The van der Waals surface area contributed by atoms with Crippen molar-refractivity contribution in [3.8, 4) is 5.75 Å². The van der Waals surface area contributed by atoms with Crippen LogP contribution in [0, 0.1) is 10.8 Å². The van der Waals surface area contributed by atoms with Gasteiger partial charge in [0.2, 0.25) is 0 Å². The molecule has 29 heavy (non-hydrogen) atoms. The molecule has 1 saturated carbocycles. The highest BCUT2D eigenvalue weighted by Gasteiger charge is 2.41. The number of thiol groups is 1. The highest BCUT2D eigenvalue weighted by atomic mass is 32.1. The Labute approximate surface area is 187 Å². The van der Waals surface area contributed by atoms with E-state index in [-0.39, 0.29) is 22.1 Å². The minimum Gasteiger partial charge on any atom is -0.432 e. The van der Waals surface area contributed by atoms with Crippen molar-refractivity contribution in [3.63, 3.8) is 0 Å². The lowest BCUT2D eigenvalue weighted by atomic mass is 9.62. The van der Waals surface area contributed by atoms with Crippen LogP contribution in [0.5, 0.6) is 5.75 Å². The van der Waals surface area contributed by atoms with Gasteiger partial charge >= 0.3 is 0 Å². The third kappa shape index (κ3) is 8.17. The molecule has 2 atom stereocenters. The number of para-hydroxylation sites is 1. The van der Waals surface area contributed by atoms with E-state index in [9.17, 15) is 4.79 Å². The summed E-state index contributed by atoms with van der Waals surface area (Å²) in [4.78, 5) is 11.4. The second-order valence-corrected chi connectivity index (χ2v) is 10.3. The molecule has 1 aromatic rings. The Bertz CT molecular complexity index is 708. The number of hydrogen-bond acceptors (Lipinski definition) is 3. The molecule has 2 unspecified atom stereocenters. The molecule has 0 radical (unpaired) electrons. The summed E-state index contributed by atoms with van der Waals surface area (Å²) in [6.45, 7) is 9.68. The Hall–Kier alpha value is -1.27. The first kappa shape index (κ1) is 24.0. The third-order valence-corrected chi connectivity index (χ3v) is 6.01. The molecule has 1 aliphatic rings. The van der Waals surface area contributed by atoms with E-state index in [1.54, 1.807) is 0 Å². The molecule has 0 aliphatic heterocycles. The molecule has 0 aromatic heterocycles. The lowest BCUT2D eigenvalue weighted by Gasteiger charge is -2.46. The molecule has 2 rings (SSSR count). The summed E-state index contributed by atoms with van der Waals surface area (Å²) >= 11 is 9.39. The molecule has 1 amide bonds. The van der Waals surface area contributed by atoms with Crippen LogP contribution in [0.3, 0.4) is 0 Å². The van der Waals surface area contributed by atoms with Crippen LogP contribution in [0.4, 0.5) is 4.79 Å². The van der Waals surface area contributed by atoms with Gasteiger partial charge in [0.1, 0.15) is 5.75 Å². The fourth-order valence-electron chi connectivity index (χ4n) is 4.84. The minimum absolute atomic E-state index is 0.0106. The van der Waals surface area contributed by atoms with Gasteiger partial charge in [-0.2, -0.15) is 0 Å². The van der Waals surface area contributed by atoms with Crippen molar-refractivity contribution in [2.75, 3.05) is 6.54 Å². The molecular formula is C23H36N2O2S2. The van der Waals surface area contributed by atoms with Gasteiger partial charge in [0.05, 0.1) is 0 Å². The second kappa shape index (κ2) is 10.7. The van der Waals surface area contributed by atoms with E-state index in [4.69, 9.17) is 17.0 Å². The highest BCUT2D eigenvalue weighted by Crippen LogP contribution is 2.45. The van der Waals surface area contributed by atoms with Gasteiger partial charge in [0.25, 0.3) is 10.4 Å². The molecule has 0 spiro atoms. The van der Waals surface area contributed by atoms with Crippen molar-refractivity contribution >= 4 is 35.3 Å². The standard InChI is InChI=1S/C23H36N2O2S2/c1-5-6-7-10-17-11-8-9-12-19(17)27-21(29)24-16-23(4)14-18(25-20(26)28)13-22(2,3)15-23/h8-9,11-12,18H,5-7,10,13-16H2,1-4H3,(H,24,29)(H2,25,26,28). The van der Waals surface area contributed by atoms with E-state index in [0.29, 0.717) is 11.7 Å². The average Bonchev–Trinajstić information content (AvgIpc) is 2.59. The summed E-state index contributed by atoms with van der Waals surface area (Å²) in [5.41, 5.74) is 1.35. The number of rotatable bonds is 8. The zero-order valence-corrected chi connectivity index (χ0v) is 19.9. The van der Waals surface area contributed by atoms with E-state index in [2.05, 4.69) is 57.0 Å². The summed E-state index contributed by atoms with van der Waals surface area (Å²) < 4.78 is 5.99. The third-order valence-electron chi connectivity index (χ3n) is 5.66. The summed E-state index contributed by atoms with van der Waals surface area (Å²) in [6.07, 6.45) is 7.49. The summed E-state index contributed by atoms with van der Waals surface area (Å²) in [5, 5.41) is 6.46. The summed E-state index contributed by atoms with van der Waals surface area (Å²) in [6, 6.07) is 8.26. The largest absolute Gasteiger partial charge is 0.432 e. The van der Waals surface area contributed by atoms with E-state index < -0.39 is 0 Å². The molecule has 6 heteroatoms. The predicted octanol–water partition coefficient (Wildman–Crippen LogP) is 5.90. The van der Waals surface area contributed by atoms with Gasteiger partial charge in [-0.3, -0.25) is 4.79 Å². The SMILES string of the molecule is CCCCCc1ccccc1OC(=S)NCC1(C)CC(NC(=O)S)CC(C)(C)C1. The van der Waals surface area contributed by atoms with Crippen LogP contribution < -0.4 is 15.4 Å². The molecule has 0 saturated heterocycles. The van der Waals surface area contributed by atoms with Crippen molar-refractivity contribution in [2.45, 2.75) is 78.7 Å². The summed E-state index contributed by atoms with van der Waals surface area (Å²) in [7, 11) is 0. The second-order valence-electron chi connectivity index (χ2n) is 9.51. The number of carbonyl (C=O) groups is 1. The summed E-state index contributed by atoms with van der Waals surface area (Å²) in [5.74, 6) is 0.843. The zero-order valence-electron chi connectivity index (χ0n) is 18.2. The van der Waals surface area contributed by atoms with Crippen molar-refractivity contribution in [1.82, 2.24) is 10.6 Å². The van der Waals surface area contributed by atoms with E-state index in [1.807, 2.05) is 18.2 Å². The maximum absolute atomic E-state index is 11.4. The number of thiocarbonyl (C=S) groups is 1. The monoisotopic (exact) mass is 436 g/mol. The van der Waals surface area contributed by atoms with Gasteiger partial charge in [-0.05, 0) is 66.8 Å². The van der Waals surface area contributed by atoms with Crippen LogP contribution in [-0.4, -0.2) is 23.0 Å². The van der Waals surface area contributed by atoms with Crippen molar-refractivity contribution in [2.24, 2.45) is 10.8 Å². The van der Waals surface area contributed by atoms with Crippen LogP contribution >= 0.6 is 24.8 Å². The fraction of sp³-hybridized carbons (Fsp3) is 0.652. The Balaban J connectivity index is 1.95. The Morgan fingerprint density at radius 3 is 2.66 bits per heavy atom. The van der Waals surface area contributed by atoms with Crippen LogP contribution in [0.25, 0.3) is 0 Å². The van der Waals surface area contributed by atoms with E-state index >= 15 is 0 Å². The number of carbonyl (C=O) groups excluding carboxylic acids is 1. The number of hydrogen-bond donors (Lipinski definition) is 3. The lowest BCUT2D eigenvalue weighted by Crippen LogP contribution is -2.49. The number of benzene rings is 1. The quantitative estimate of drug-likeness (QED) is 0.270. The average molecular weight is 437 g/mol. The van der Waals surface area contributed by atoms with E-state index in [0.717, 1.165) is 37.9 Å². The van der Waals surface area contributed by atoms with E-state index in [1.165, 1.54) is 18.4 Å². The van der Waals surface area contributed by atoms with Crippen molar-refractivity contribution in [1.29, 1.82) is 0 Å². The minimum atomic E-state index is -0.262. The Kier molecular flexibility index (Phi) is 8.83. The molecule has 1 aliphatic carbocycles. The number of nitrogens with one attached hydrogen (secondary N) is 2. The van der Waals surface area contributed by atoms with Gasteiger partial charge in [0, 0.05) is 12.6 Å². The van der Waals surface area contributed by atoms with Gasteiger partial charge in [-0.1, -0.05) is 71.4 Å². The maximum Gasteiger partial charge on any atom is 0.276 e. The first-order valence-electron chi connectivity index (χ1n) is 10.7. The number of ether oxygens (including phenoxy) is 1. The molecule has 1 fully saturated rings. The van der Waals surface area contributed by atoms with Crippen molar-refractivity contribution in [3.05, 3.63) is 29.8 Å². The molecule has 0 heterocycles. The van der Waals surface area contributed by atoms with Gasteiger partial charge in [0.15, 0.2) is 0 Å². The number of unbranched alkanes of at least 4 members (excludes halogenated alkanes) is 2. The van der Waals surface area contributed by atoms with Gasteiger partial charge in [-0.25, -0.2) is 0 Å². The Morgan fingerprint density at radius 2 is 1.97 bits per heavy atom. The van der Waals surface area contributed by atoms with Gasteiger partial charge < -0.3 is 15.4 Å². The number of amides is 1. The molecule has 4 nitrogen and oxygen atoms in total. The van der Waals surface area contributed by atoms with Crippen LogP contribution in [-0.2, 0) is 6.42 Å². The molecular weight excluding hydrogens is 400 g/mol. The first-order chi connectivity index (χ1) is 13.6. The lowest BCUT2D eigenvalue weighted by molar-refractivity contribution is 0.0778. The molecule has 1 aromatic carbocycles. The van der Waals surface area contributed by atoms with Crippen LogP contribution in [0.15, 0.2) is 24.3 Å². The molecule has 162 valence electrons. The van der Waals surface area contributed by atoms with Crippen molar-refractivity contribution < 1.29 is 9.53 Å². The molecule has 2 N–H and O–H groups in total. The van der Waals surface area contributed by atoms with Gasteiger partial charge in [-0.15, -0.1) is 0 Å². The normalized spacial score (nSPS) is 23.3. The molecule has 0 bridgehead atoms. The zero-order chi connectivity index (χ0) is 21.5. The van der Waals surface area contributed by atoms with Crippen LogP contribution in [0.2, 0.25) is 0 Å². The maximum atomic E-state index is 11.4. The topological polar surface area (TPSA) is 50.4 Å². The fourth-order valence-corrected chi connectivity index (χ4v) is 5.19. The van der Waals surface area contributed by atoms with Crippen LogP contribution in [0.1, 0.15) is 71.8 Å². The number of aryl methyl sites for hydroxylation is 1. The first-order valence-corrected chi connectivity index (χ1v) is 11.5. The smallest absolute Gasteiger partial charge is 0.276 e.